The summed E-state index contributed by atoms with van der Waals surface area (Å²) in [4.78, 5) is 14.4. The molecule has 1 amide bonds. The smallest absolute Gasteiger partial charge is 0.252 e. The standard InChI is InChI=1S/C14H19N3O2/c18-14(12-4-2-8-19-10-12)17-7-1-3-11(9-17)13-5-6-15-16-13/h5-6,10-11H,1-4,7-9H2,(H,15,16)/t11-/m1/s1. The second kappa shape index (κ2) is 5.47. The molecule has 3 rings (SSSR count). The van der Waals surface area contributed by atoms with E-state index in [1.807, 2.05) is 11.0 Å². The molecule has 1 aromatic rings. The van der Waals surface area contributed by atoms with Crippen molar-refractivity contribution < 1.29 is 9.53 Å². The second-order valence-corrected chi connectivity index (χ2v) is 5.22. The van der Waals surface area contributed by atoms with Gasteiger partial charge in [-0.3, -0.25) is 9.89 Å². The van der Waals surface area contributed by atoms with E-state index in [1.54, 1.807) is 12.5 Å². The summed E-state index contributed by atoms with van der Waals surface area (Å²) in [6, 6.07) is 2.00. The number of hydrogen-bond donors (Lipinski definition) is 1. The van der Waals surface area contributed by atoms with Crippen LogP contribution in [-0.2, 0) is 9.53 Å². The maximum Gasteiger partial charge on any atom is 0.252 e. The Hall–Kier alpha value is -1.78. The highest BCUT2D eigenvalue weighted by Crippen LogP contribution is 2.27. The van der Waals surface area contributed by atoms with E-state index in [4.69, 9.17) is 4.74 Å². The fourth-order valence-electron chi connectivity index (χ4n) is 2.83. The number of piperidine rings is 1. The quantitative estimate of drug-likeness (QED) is 0.883. The van der Waals surface area contributed by atoms with Crippen LogP contribution in [0, 0.1) is 0 Å². The zero-order valence-corrected chi connectivity index (χ0v) is 11.0. The number of likely N-dealkylation sites (tertiary alicyclic amines) is 1. The van der Waals surface area contributed by atoms with Crippen molar-refractivity contribution in [1.29, 1.82) is 0 Å². The third kappa shape index (κ3) is 2.64. The largest absolute Gasteiger partial charge is 0.501 e. The van der Waals surface area contributed by atoms with Crippen LogP contribution in [0.25, 0.3) is 0 Å². The molecule has 0 spiro atoms. The summed E-state index contributed by atoms with van der Waals surface area (Å²) in [5, 5.41) is 7.02. The van der Waals surface area contributed by atoms with Crippen LogP contribution in [0.5, 0.6) is 0 Å². The Morgan fingerprint density at radius 3 is 3.16 bits per heavy atom. The number of hydrogen-bond acceptors (Lipinski definition) is 3. The molecule has 1 fully saturated rings. The third-order valence-electron chi connectivity index (χ3n) is 3.88. The molecule has 3 heterocycles. The highest BCUT2D eigenvalue weighted by molar-refractivity contribution is 5.93. The number of carbonyl (C=O) groups is 1. The van der Waals surface area contributed by atoms with Crippen LogP contribution < -0.4 is 0 Å². The van der Waals surface area contributed by atoms with E-state index in [0.717, 1.165) is 56.6 Å². The van der Waals surface area contributed by atoms with Crippen LogP contribution in [0.2, 0.25) is 0 Å². The zero-order valence-electron chi connectivity index (χ0n) is 11.0. The minimum absolute atomic E-state index is 0.143. The lowest BCUT2D eigenvalue weighted by Crippen LogP contribution is -2.40. The summed E-state index contributed by atoms with van der Waals surface area (Å²) in [6.07, 6.45) is 7.35. The molecule has 0 aromatic carbocycles. The van der Waals surface area contributed by atoms with Crippen molar-refractivity contribution >= 4 is 5.91 Å². The van der Waals surface area contributed by atoms with Crippen molar-refractivity contribution in [3.63, 3.8) is 0 Å². The Balaban J connectivity index is 1.68. The van der Waals surface area contributed by atoms with Gasteiger partial charge in [-0.05, 0) is 31.7 Å². The zero-order chi connectivity index (χ0) is 13.1. The SMILES string of the molecule is O=C(C1=COCCC1)N1CCC[C@@H](c2ccn[nH]2)C1. The van der Waals surface area contributed by atoms with Crippen LogP contribution in [0.3, 0.4) is 0 Å². The second-order valence-electron chi connectivity index (χ2n) is 5.22. The predicted molar refractivity (Wildman–Crippen MR) is 70.4 cm³/mol. The number of aromatic nitrogens is 2. The molecule has 0 unspecified atom stereocenters. The van der Waals surface area contributed by atoms with E-state index in [-0.39, 0.29) is 5.91 Å². The molecule has 0 aliphatic carbocycles. The van der Waals surface area contributed by atoms with E-state index in [0.29, 0.717) is 5.92 Å². The van der Waals surface area contributed by atoms with Crippen LogP contribution >= 0.6 is 0 Å². The van der Waals surface area contributed by atoms with E-state index in [1.165, 1.54) is 0 Å². The van der Waals surface area contributed by atoms with Gasteiger partial charge in [-0.2, -0.15) is 5.10 Å². The van der Waals surface area contributed by atoms with Crippen molar-refractivity contribution in [3.05, 3.63) is 29.8 Å². The molecular weight excluding hydrogens is 242 g/mol. The van der Waals surface area contributed by atoms with Gasteiger partial charge in [0, 0.05) is 30.9 Å². The van der Waals surface area contributed by atoms with Gasteiger partial charge >= 0.3 is 0 Å². The van der Waals surface area contributed by atoms with Crippen molar-refractivity contribution in [2.75, 3.05) is 19.7 Å². The highest BCUT2D eigenvalue weighted by Gasteiger charge is 2.27. The normalized spacial score (nSPS) is 23.7. The minimum atomic E-state index is 0.143. The number of nitrogens with zero attached hydrogens (tertiary/aromatic N) is 2. The first kappa shape index (κ1) is 12.3. The first-order valence-electron chi connectivity index (χ1n) is 6.94. The molecule has 0 radical (unpaired) electrons. The molecule has 0 bridgehead atoms. The lowest BCUT2D eigenvalue weighted by molar-refractivity contribution is -0.128. The summed E-state index contributed by atoms with van der Waals surface area (Å²) < 4.78 is 5.27. The highest BCUT2D eigenvalue weighted by atomic mass is 16.5. The molecule has 102 valence electrons. The van der Waals surface area contributed by atoms with E-state index in [2.05, 4.69) is 10.2 Å². The summed E-state index contributed by atoms with van der Waals surface area (Å²) in [5.41, 5.74) is 1.95. The topological polar surface area (TPSA) is 58.2 Å². The summed E-state index contributed by atoms with van der Waals surface area (Å²) in [7, 11) is 0. The van der Waals surface area contributed by atoms with Crippen LogP contribution in [-0.4, -0.2) is 40.7 Å². The molecule has 1 N–H and O–H groups in total. The Morgan fingerprint density at radius 1 is 1.47 bits per heavy atom. The van der Waals surface area contributed by atoms with Crippen LogP contribution in [0.1, 0.15) is 37.3 Å². The molecule has 1 atom stereocenters. The van der Waals surface area contributed by atoms with Crippen molar-refractivity contribution in [2.45, 2.75) is 31.6 Å². The number of carbonyl (C=O) groups excluding carboxylic acids is 1. The Kier molecular flexibility index (Phi) is 3.53. The fourth-order valence-corrected chi connectivity index (χ4v) is 2.83. The average Bonchev–Trinajstić information content (AvgIpc) is 3.02. The minimum Gasteiger partial charge on any atom is -0.501 e. The molecule has 5 nitrogen and oxygen atoms in total. The number of ether oxygens (including phenoxy) is 1. The molecule has 1 aromatic heterocycles. The van der Waals surface area contributed by atoms with Gasteiger partial charge in [-0.25, -0.2) is 0 Å². The van der Waals surface area contributed by atoms with Gasteiger partial charge in [0.15, 0.2) is 0 Å². The molecule has 2 aliphatic rings. The predicted octanol–water partition coefficient (Wildman–Crippen LogP) is 1.81. The monoisotopic (exact) mass is 261 g/mol. The summed E-state index contributed by atoms with van der Waals surface area (Å²) in [6.45, 7) is 2.35. The Morgan fingerprint density at radius 2 is 2.42 bits per heavy atom. The van der Waals surface area contributed by atoms with Crippen LogP contribution in [0.15, 0.2) is 24.1 Å². The average molecular weight is 261 g/mol. The molecule has 19 heavy (non-hydrogen) atoms. The van der Waals surface area contributed by atoms with E-state index >= 15 is 0 Å². The van der Waals surface area contributed by atoms with Gasteiger partial charge in [0.25, 0.3) is 5.91 Å². The lowest BCUT2D eigenvalue weighted by atomic mass is 9.94. The number of rotatable bonds is 2. The first-order chi connectivity index (χ1) is 9.34. The number of aromatic amines is 1. The Bertz CT molecular complexity index is 467. The molecular formula is C14H19N3O2. The molecule has 0 saturated carbocycles. The maximum absolute atomic E-state index is 12.4. The van der Waals surface area contributed by atoms with Gasteiger partial charge in [0.1, 0.15) is 0 Å². The van der Waals surface area contributed by atoms with Gasteiger partial charge in [-0.1, -0.05) is 0 Å². The fraction of sp³-hybridized carbons (Fsp3) is 0.571. The van der Waals surface area contributed by atoms with Crippen molar-refractivity contribution in [2.24, 2.45) is 0 Å². The summed E-state index contributed by atoms with van der Waals surface area (Å²) in [5.74, 6) is 0.522. The van der Waals surface area contributed by atoms with Crippen LogP contribution in [0.4, 0.5) is 0 Å². The third-order valence-corrected chi connectivity index (χ3v) is 3.88. The summed E-state index contributed by atoms with van der Waals surface area (Å²) >= 11 is 0. The lowest BCUT2D eigenvalue weighted by Gasteiger charge is -2.33. The van der Waals surface area contributed by atoms with Crippen molar-refractivity contribution in [1.82, 2.24) is 15.1 Å². The first-order valence-corrected chi connectivity index (χ1v) is 6.94. The molecule has 5 heteroatoms. The van der Waals surface area contributed by atoms with Gasteiger partial charge in [0.05, 0.1) is 18.4 Å². The van der Waals surface area contributed by atoms with Gasteiger partial charge in [-0.15, -0.1) is 0 Å². The number of H-pyrrole nitrogens is 1. The van der Waals surface area contributed by atoms with Gasteiger partial charge < -0.3 is 9.64 Å². The van der Waals surface area contributed by atoms with E-state index < -0.39 is 0 Å². The van der Waals surface area contributed by atoms with E-state index in [9.17, 15) is 4.79 Å². The number of amides is 1. The molecule has 1 saturated heterocycles. The molecule has 2 aliphatic heterocycles. The Labute approximate surface area is 112 Å². The van der Waals surface area contributed by atoms with Gasteiger partial charge in [0.2, 0.25) is 0 Å². The van der Waals surface area contributed by atoms with Crippen molar-refractivity contribution in [3.8, 4) is 0 Å². The maximum atomic E-state index is 12.4. The number of nitrogens with one attached hydrogen (secondary N) is 1.